The third kappa shape index (κ3) is 3.22. The maximum atomic E-state index is 13.2. The summed E-state index contributed by atoms with van der Waals surface area (Å²) in [6.07, 6.45) is -3.37. The summed E-state index contributed by atoms with van der Waals surface area (Å²) in [5, 5.41) is 7.91. The van der Waals surface area contributed by atoms with Gasteiger partial charge in [-0.25, -0.2) is 9.67 Å². The van der Waals surface area contributed by atoms with Gasteiger partial charge < -0.3 is 0 Å². The summed E-state index contributed by atoms with van der Waals surface area (Å²) in [7, 11) is 1.53. The Morgan fingerprint density at radius 2 is 1.82 bits per heavy atom. The molecule has 0 radical (unpaired) electrons. The Bertz CT molecular complexity index is 1130. The standard InChI is InChI=1S/C18H12F3N5OS/c1-25(17-22-12-7-3-5-9-15(12)28-17)16(27)13-10-26(24-23-13)14-8-4-2-6-11(14)18(19,20)21/h2-10H,1H3. The molecule has 4 rings (SSSR count). The number of alkyl halides is 3. The lowest BCUT2D eigenvalue weighted by Gasteiger charge is -2.12. The molecule has 0 unspecified atom stereocenters. The third-order valence-electron chi connectivity index (χ3n) is 4.04. The van der Waals surface area contributed by atoms with Crippen molar-refractivity contribution < 1.29 is 18.0 Å². The molecular weight excluding hydrogens is 391 g/mol. The number of rotatable bonds is 3. The molecule has 142 valence electrons. The lowest BCUT2D eigenvalue weighted by Crippen LogP contribution is -2.26. The van der Waals surface area contributed by atoms with E-state index in [0.717, 1.165) is 21.0 Å². The van der Waals surface area contributed by atoms with Gasteiger partial charge in [0, 0.05) is 7.05 Å². The van der Waals surface area contributed by atoms with Crippen LogP contribution in [-0.4, -0.2) is 32.9 Å². The van der Waals surface area contributed by atoms with Crippen molar-refractivity contribution >= 4 is 32.6 Å². The van der Waals surface area contributed by atoms with Gasteiger partial charge in [-0.3, -0.25) is 9.69 Å². The fraction of sp³-hybridized carbons (Fsp3) is 0.111. The zero-order chi connectivity index (χ0) is 19.9. The van der Waals surface area contributed by atoms with Crippen LogP contribution in [-0.2, 0) is 6.18 Å². The number of anilines is 1. The molecule has 0 bridgehead atoms. The van der Waals surface area contributed by atoms with Gasteiger partial charge in [0.25, 0.3) is 5.91 Å². The molecule has 0 aliphatic carbocycles. The monoisotopic (exact) mass is 403 g/mol. The quantitative estimate of drug-likeness (QED) is 0.515. The molecule has 0 saturated carbocycles. The number of carbonyl (C=O) groups is 1. The Kier molecular flexibility index (Phi) is 4.34. The van der Waals surface area contributed by atoms with Crippen molar-refractivity contribution in [2.75, 3.05) is 11.9 Å². The van der Waals surface area contributed by atoms with E-state index in [1.165, 1.54) is 47.7 Å². The van der Waals surface area contributed by atoms with Gasteiger partial charge in [-0.05, 0) is 24.3 Å². The summed E-state index contributed by atoms with van der Waals surface area (Å²) < 4.78 is 41.5. The summed E-state index contributed by atoms with van der Waals surface area (Å²) in [5.41, 5.74) is -0.397. The molecule has 0 atom stereocenters. The first-order valence-corrected chi connectivity index (χ1v) is 8.89. The SMILES string of the molecule is CN(C(=O)c1cn(-c2ccccc2C(F)(F)F)nn1)c1nc2ccccc2s1. The van der Waals surface area contributed by atoms with E-state index in [0.29, 0.717) is 5.13 Å². The van der Waals surface area contributed by atoms with Crippen molar-refractivity contribution in [3.05, 3.63) is 66.0 Å². The van der Waals surface area contributed by atoms with Gasteiger partial charge in [-0.15, -0.1) is 5.10 Å². The molecule has 0 spiro atoms. The summed E-state index contributed by atoms with van der Waals surface area (Å²) >= 11 is 1.33. The number of para-hydroxylation sites is 2. The molecule has 6 nitrogen and oxygen atoms in total. The summed E-state index contributed by atoms with van der Waals surface area (Å²) in [5.74, 6) is -0.519. The van der Waals surface area contributed by atoms with E-state index < -0.39 is 17.6 Å². The Labute approximate surface area is 160 Å². The van der Waals surface area contributed by atoms with Gasteiger partial charge in [-0.2, -0.15) is 13.2 Å². The number of aromatic nitrogens is 4. The highest BCUT2D eigenvalue weighted by atomic mass is 32.1. The first-order valence-electron chi connectivity index (χ1n) is 8.07. The number of halogens is 3. The molecule has 0 N–H and O–H groups in total. The minimum atomic E-state index is -4.55. The molecule has 1 amide bonds. The first-order chi connectivity index (χ1) is 13.3. The highest BCUT2D eigenvalue weighted by Crippen LogP contribution is 2.33. The number of fused-ring (bicyclic) bond motifs is 1. The van der Waals surface area contributed by atoms with Crippen LogP contribution in [0.3, 0.4) is 0 Å². The number of amides is 1. The number of nitrogens with zero attached hydrogens (tertiary/aromatic N) is 5. The predicted molar refractivity (Wildman–Crippen MR) is 98.7 cm³/mol. The van der Waals surface area contributed by atoms with Crippen molar-refractivity contribution in [3.8, 4) is 5.69 Å². The van der Waals surface area contributed by atoms with Crippen LogP contribution in [0, 0.1) is 0 Å². The zero-order valence-corrected chi connectivity index (χ0v) is 15.2. The average molecular weight is 403 g/mol. The van der Waals surface area contributed by atoms with Crippen molar-refractivity contribution in [1.82, 2.24) is 20.0 Å². The van der Waals surface area contributed by atoms with Crippen molar-refractivity contribution in [2.24, 2.45) is 0 Å². The Hall–Kier alpha value is -3.27. The van der Waals surface area contributed by atoms with E-state index in [4.69, 9.17) is 0 Å². The van der Waals surface area contributed by atoms with Crippen LogP contribution in [0.5, 0.6) is 0 Å². The van der Waals surface area contributed by atoms with Crippen molar-refractivity contribution in [2.45, 2.75) is 6.18 Å². The fourth-order valence-corrected chi connectivity index (χ4v) is 3.58. The van der Waals surface area contributed by atoms with Gasteiger partial charge in [0.05, 0.1) is 27.7 Å². The largest absolute Gasteiger partial charge is 0.418 e. The maximum Gasteiger partial charge on any atom is 0.418 e. The number of thiazole rings is 1. The molecule has 0 aliphatic heterocycles. The van der Waals surface area contributed by atoms with Crippen LogP contribution >= 0.6 is 11.3 Å². The zero-order valence-electron chi connectivity index (χ0n) is 14.4. The molecule has 0 saturated heterocycles. The van der Waals surface area contributed by atoms with Gasteiger partial charge in [0.15, 0.2) is 10.8 Å². The molecule has 2 aromatic carbocycles. The van der Waals surface area contributed by atoms with Gasteiger partial charge >= 0.3 is 6.18 Å². The van der Waals surface area contributed by atoms with E-state index in [1.54, 1.807) is 0 Å². The Morgan fingerprint density at radius 1 is 1.11 bits per heavy atom. The molecule has 10 heteroatoms. The summed E-state index contributed by atoms with van der Waals surface area (Å²) in [4.78, 5) is 18.4. The molecule has 0 fully saturated rings. The van der Waals surface area contributed by atoms with E-state index in [9.17, 15) is 18.0 Å². The van der Waals surface area contributed by atoms with E-state index in [1.807, 2.05) is 24.3 Å². The molecule has 2 aromatic heterocycles. The Balaban J connectivity index is 1.65. The second-order valence-corrected chi connectivity index (χ2v) is 6.90. The topological polar surface area (TPSA) is 63.9 Å². The van der Waals surface area contributed by atoms with Crippen LogP contribution in [0.15, 0.2) is 54.7 Å². The van der Waals surface area contributed by atoms with Crippen molar-refractivity contribution in [1.29, 1.82) is 0 Å². The minimum absolute atomic E-state index is 0.0845. The average Bonchev–Trinajstić information content (AvgIpc) is 3.33. The van der Waals surface area contributed by atoms with E-state index in [-0.39, 0.29) is 11.4 Å². The second-order valence-electron chi connectivity index (χ2n) is 5.89. The molecule has 4 aromatic rings. The number of benzene rings is 2. The first kappa shape index (κ1) is 18.1. The fourth-order valence-electron chi connectivity index (χ4n) is 2.65. The lowest BCUT2D eigenvalue weighted by atomic mass is 10.1. The van der Waals surface area contributed by atoms with E-state index in [2.05, 4.69) is 15.3 Å². The number of carbonyl (C=O) groups excluding carboxylic acids is 1. The van der Waals surface area contributed by atoms with Crippen LogP contribution < -0.4 is 4.90 Å². The summed E-state index contributed by atoms with van der Waals surface area (Å²) in [6.45, 7) is 0. The summed E-state index contributed by atoms with van der Waals surface area (Å²) in [6, 6.07) is 12.4. The molecule has 2 heterocycles. The molecular formula is C18H12F3N5OS. The third-order valence-corrected chi connectivity index (χ3v) is 5.16. The number of hydrogen-bond donors (Lipinski definition) is 0. The van der Waals surface area contributed by atoms with Crippen molar-refractivity contribution in [3.63, 3.8) is 0 Å². The van der Waals surface area contributed by atoms with Gasteiger partial charge in [0.1, 0.15) is 0 Å². The molecule has 0 aliphatic rings. The smallest absolute Gasteiger partial charge is 0.286 e. The normalized spacial score (nSPS) is 11.7. The lowest BCUT2D eigenvalue weighted by molar-refractivity contribution is -0.137. The van der Waals surface area contributed by atoms with Crippen LogP contribution in [0.25, 0.3) is 15.9 Å². The Morgan fingerprint density at radius 3 is 2.57 bits per heavy atom. The highest BCUT2D eigenvalue weighted by Gasteiger charge is 2.34. The second kappa shape index (κ2) is 6.71. The minimum Gasteiger partial charge on any atom is -0.286 e. The predicted octanol–water partition coefficient (Wildman–Crippen LogP) is 4.17. The van der Waals surface area contributed by atoms with E-state index >= 15 is 0 Å². The maximum absolute atomic E-state index is 13.2. The number of hydrogen-bond acceptors (Lipinski definition) is 5. The van der Waals surface area contributed by atoms with Crippen LogP contribution in [0.4, 0.5) is 18.3 Å². The highest BCUT2D eigenvalue weighted by molar-refractivity contribution is 7.22. The van der Waals surface area contributed by atoms with Crippen LogP contribution in [0.1, 0.15) is 16.1 Å². The van der Waals surface area contributed by atoms with Crippen LogP contribution in [0.2, 0.25) is 0 Å². The van der Waals surface area contributed by atoms with Gasteiger partial charge in [0.2, 0.25) is 0 Å². The molecule has 28 heavy (non-hydrogen) atoms. The van der Waals surface area contributed by atoms with Gasteiger partial charge in [-0.1, -0.05) is 40.8 Å².